The maximum Gasteiger partial charge on any atom is 0.256 e. The standard InChI is InChI=1S/C25H29N3O2/c1-25(2,3)30-19-10-8-18(9-11-19)28-15-16(14-26-28)13-17-7-12-22-23-20(17)5-4-6-21(23)24(29)27-22/h4-7,12,14-15,18-19H,8-11,13H2,1-3H3,(H,27,29). The van der Waals surface area contributed by atoms with Crippen molar-refractivity contribution in [3.05, 3.63) is 59.4 Å². The number of rotatable bonds is 4. The molecule has 1 fully saturated rings. The van der Waals surface area contributed by atoms with E-state index in [0.717, 1.165) is 54.1 Å². The van der Waals surface area contributed by atoms with Gasteiger partial charge in [0.15, 0.2) is 0 Å². The monoisotopic (exact) mass is 403 g/mol. The van der Waals surface area contributed by atoms with Crippen LogP contribution < -0.4 is 5.32 Å². The van der Waals surface area contributed by atoms with Gasteiger partial charge in [0.05, 0.1) is 23.9 Å². The first-order valence-electron chi connectivity index (χ1n) is 10.9. The number of anilines is 1. The molecule has 0 spiro atoms. The lowest BCUT2D eigenvalue weighted by molar-refractivity contribution is -0.0778. The van der Waals surface area contributed by atoms with E-state index in [4.69, 9.17) is 4.74 Å². The summed E-state index contributed by atoms with van der Waals surface area (Å²) in [6.07, 6.45) is 9.76. The summed E-state index contributed by atoms with van der Waals surface area (Å²) in [5, 5.41) is 9.84. The Labute approximate surface area is 177 Å². The average molecular weight is 404 g/mol. The molecule has 0 unspecified atom stereocenters. The number of benzene rings is 2. The van der Waals surface area contributed by atoms with Crippen molar-refractivity contribution >= 4 is 22.4 Å². The predicted octanol–water partition coefficient (Wildman–Crippen LogP) is 5.49. The van der Waals surface area contributed by atoms with Crippen LogP contribution in [0, 0.1) is 0 Å². The fourth-order valence-electron chi connectivity index (χ4n) is 4.92. The second-order valence-electron chi connectivity index (χ2n) is 9.62. The second kappa shape index (κ2) is 7.24. The van der Waals surface area contributed by atoms with Gasteiger partial charge in [0.2, 0.25) is 0 Å². The van der Waals surface area contributed by atoms with E-state index in [2.05, 4.69) is 54.2 Å². The molecule has 3 aromatic rings. The van der Waals surface area contributed by atoms with Gasteiger partial charge in [0.25, 0.3) is 5.91 Å². The third kappa shape index (κ3) is 3.63. The SMILES string of the molecule is CC(C)(C)OC1CCC(n2cc(Cc3ccc4c5c(cccc35)C(=O)N4)cn2)CC1. The van der Waals surface area contributed by atoms with Gasteiger partial charge in [-0.2, -0.15) is 5.10 Å². The van der Waals surface area contributed by atoms with Crippen molar-refractivity contribution in [1.82, 2.24) is 9.78 Å². The Morgan fingerprint density at radius 3 is 2.70 bits per heavy atom. The molecule has 1 saturated carbocycles. The molecule has 0 atom stereocenters. The van der Waals surface area contributed by atoms with Gasteiger partial charge in [-0.25, -0.2) is 0 Å². The summed E-state index contributed by atoms with van der Waals surface area (Å²) in [5.74, 6) is -0.00777. The number of nitrogens with one attached hydrogen (secondary N) is 1. The van der Waals surface area contributed by atoms with Gasteiger partial charge in [-0.1, -0.05) is 18.2 Å². The predicted molar refractivity (Wildman–Crippen MR) is 119 cm³/mol. The molecule has 1 aliphatic heterocycles. The smallest absolute Gasteiger partial charge is 0.256 e. The summed E-state index contributed by atoms with van der Waals surface area (Å²) < 4.78 is 8.31. The number of hydrogen-bond acceptors (Lipinski definition) is 3. The molecule has 2 aromatic carbocycles. The van der Waals surface area contributed by atoms with Crippen molar-refractivity contribution in [3.8, 4) is 0 Å². The van der Waals surface area contributed by atoms with Crippen LogP contribution in [0.1, 0.15) is 74.0 Å². The highest BCUT2D eigenvalue weighted by molar-refractivity contribution is 6.24. The van der Waals surface area contributed by atoms with Gasteiger partial charge in [-0.3, -0.25) is 9.48 Å². The normalized spacial score (nSPS) is 21.2. The Morgan fingerprint density at radius 2 is 1.93 bits per heavy atom. The fourth-order valence-corrected chi connectivity index (χ4v) is 4.92. The molecule has 5 heteroatoms. The quantitative estimate of drug-likeness (QED) is 0.626. The van der Waals surface area contributed by atoms with E-state index in [-0.39, 0.29) is 11.5 Å². The van der Waals surface area contributed by atoms with Gasteiger partial charge >= 0.3 is 0 Å². The summed E-state index contributed by atoms with van der Waals surface area (Å²) in [7, 11) is 0. The third-order valence-electron chi connectivity index (χ3n) is 6.21. The lowest BCUT2D eigenvalue weighted by Gasteiger charge is -2.33. The number of aromatic nitrogens is 2. The molecule has 0 bridgehead atoms. The lowest BCUT2D eigenvalue weighted by atomic mass is 9.92. The van der Waals surface area contributed by atoms with Crippen LogP contribution >= 0.6 is 0 Å². The summed E-state index contributed by atoms with van der Waals surface area (Å²) in [6, 6.07) is 10.6. The number of nitrogens with zero attached hydrogens (tertiary/aromatic N) is 2. The lowest BCUT2D eigenvalue weighted by Crippen LogP contribution is -2.31. The van der Waals surface area contributed by atoms with E-state index >= 15 is 0 Å². The molecule has 5 rings (SSSR count). The highest BCUT2D eigenvalue weighted by Gasteiger charge is 2.27. The van der Waals surface area contributed by atoms with E-state index in [1.54, 1.807) is 0 Å². The molecule has 5 nitrogen and oxygen atoms in total. The minimum Gasteiger partial charge on any atom is -0.373 e. The number of carbonyl (C=O) groups is 1. The van der Waals surface area contributed by atoms with E-state index in [9.17, 15) is 4.79 Å². The van der Waals surface area contributed by atoms with Gasteiger partial charge in [0.1, 0.15) is 0 Å². The largest absolute Gasteiger partial charge is 0.373 e. The van der Waals surface area contributed by atoms with Crippen LogP contribution in [-0.4, -0.2) is 27.4 Å². The maximum absolute atomic E-state index is 12.2. The highest BCUT2D eigenvalue weighted by Crippen LogP contribution is 2.36. The van der Waals surface area contributed by atoms with Crippen molar-refractivity contribution in [1.29, 1.82) is 0 Å². The van der Waals surface area contributed by atoms with Gasteiger partial charge in [0, 0.05) is 29.3 Å². The molecule has 1 N–H and O–H groups in total. The van der Waals surface area contributed by atoms with Crippen molar-refractivity contribution in [3.63, 3.8) is 0 Å². The molecule has 1 aromatic heterocycles. The van der Waals surface area contributed by atoms with Gasteiger partial charge < -0.3 is 10.1 Å². The zero-order valence-electron chi connectivity index (χ0n) is 17.9. The van der Waals surface area contributed by atoms with Crippen molar-refractivity contribution in [2.75, 3.05) is 5.32 Å². The van der Waals surface area contributed by atoms with Crippen LogP contribution in [-0.2, 0) is 11.2 Å². The molecule has 1 aliphatic carbocycles. The molecule has 1 amide bonds. The minimum atomic E-state index is -0.0733. The van der Waals surface area contributed by atoms with Crippen molar-refractivity contribution in [2.45, 2.75) is 70.6 Å². The van der Waals surface area contributed by atoms with Gasteiger partial charge in [-0.05, 0) is 75.1 Å². The molecule has 2 aliphatic rings. The molecule has 0 saturated heterocycles. The van der Waals surface area contributed by atoms with Crippen LogP contribution in [0.3, 0.4) is 0 Å². The molecule has 0 radical (unpaired) electrons. The summed E-state index contributed by atoms with van der Waals surface area (Å²) in [5.41, 5.74) is 4.06. The molecule has 2 heterocycles. The van der Waals surface area contributed by atoms with E-state index in [0.29, 0.717) is 12.1 Å². The van der Waals surface area contributed by atoms with Crippen LogP contribution in [0.5, 0.6) is 0 Å². The number of ether oxygens (including phenoxy) is 1. The number of carbonyl (C=O) groups excluding carboxylic acids is 1. The zero-order valence-corrected chi connectivity index (χ0v) is 17.9. The van der Waals surface area contributed by atoms with Gasteiger partial charge in [-0.15, -0.1) is 0 Å². The summed E-state index contributed by atoms with van der Waals surface area (Å²) in [6.45, 7) is 6.39. The third-order valence-corrected chi connectivity index (χ3v) is 6.21. The minimum absolute atomic E-state index is 0.00777. The molecular formula is C25H29N3O2. The maximum atomic E-state index is 12.2. The Kier molecular flexibility index (Phi) is 4.66. The fraction of sp³-hybridized carbons (Fsp3) is 0.440. The van der Waals surface area contributed by atoms with Crippen LogP contribution in [0.2, 0.25) is 0 Å². The first kappa shape index (κ1) is 19.3. The molecule has 30 heavy (non-hydrogen) atoms. The highest BCUT2D eigenvalue weighted by atomic mass is 16.5. The Hall–Kier alpha value is -2.66. The van der Waals surface area contributed by atoms with E-state index in [1.165, 1.54) is 11.1 Å². The first-order valence-corrected chi connectivity index (χ1v) is 10.9. The number of amides is 1. The average Bonchev–Trinajstić information content (AvgIpc) is 3.29. The van der Waals surface area contributed by atoms with E-state index in [1.807, 2.05) is 24.4 Å². The Balaban J connectivity index is 1.31. The Bertz CT molecular complexity index is 1100. The second-order valence-corrected chi connectivity index (χ2v) is 9.62. The van der Waals surface area contributed by atoms with Crippen molar-refractivity contribution in [2.24, 2.45) is 0 Å². The topological polar surface area (TPSA) is 56.1 Å². The van der Waals surface area contributed by atoms with Crippen LogP contribution in [0.15, 0.2) is 42.7 Å². The Morgan fingerprint density at radius 1 is 1.13 bits per heavy atom. The van der Waals surface area contributed by atoms with Crippen LogP contribution in [0.25, 0.3) is 10.8 Å². The summed E-state index contributed by atoms with van der Waals surface area (Å²) >= 11 is 0. The first-order chi connectivity index (χ1) is 14.4. The number of hydrogen-bond donors (Lipinski definition) is 1. The summed E-state index contributed by atoms with van der Waals surface area (Å²) in [4.78, 5) is 12.2. The zero-order chi connectivity index (χ0) is 20.9. The molecule has 156 valence electrons. The molecular weight excluding hydrogens is 374 g/mol. The van der Waals surface area contributed by atoms with E-state index < -0.39 is 0 Å². The van der Waals surface area contributed by atoms with Crippen LogP contribution in [0.4, 0.5) is 5.69 Å². The van der Waals surface area contributed by atoms with Crippen molar-refractivity contribution < 1.29 is 9.53 Å².